The van der Waals surface area contributed by atoms with E-state index in [2.05, 4.69) is 29.4 Å². The van der Waals surface area contributed by atoms with Crippen LogP contribution in [0, 0.1) is 11.3 Å². The van der Waals surface area contributed by atoms with Crippen LogP contribution < -0.4 is 10.6 Å². The average Bonchev–Trinajstić information content (AvgIpc) is 3.37. The van der Waals surface area contributed by atoms with E-state index in [-0.39, 0.29) is 53.2 Å². The number of hydrogen-bond acceptors (Lipinski definition) is 5. The van der Waals surface area contributed by atoms with Crippen molar-refractivity contribution in [2.45, 2.75) is 144 Å². The van der Waals surface area contributed by atoms with Crippen LogP contribution in [-0.4, -0.2) is 94.2 Å². The van der Waals surface area contributed by atoms with Gasteiger partial charge in [-0.1, -0.05) is 47.1 Å². The van der Waals surface area contributed by atoms with Gasteiger partial charge in [0.05, 0.1) is 12.1 Å². The van der Waals surface area contributed by atoms with Crippen molar-refractivity contribution in [3.63, 3.8) is 0 Å². The molecule has 2 heterocycles. The van der Waals surface area contributed by atoms with Gasteiger partial charge in [0.2, 0.25) is 23.6 Å². The summed E-state index contributed by atoms with van der Waals surface area (Å²) in [4.78, 5) is 59.7. The minimum Gasteiger partial charge on any atom is -0.350 e. The van der Waals surface area contributed by atoms with Crippen LogP contribution in [0.5, 0.6) is 0 Å². The third-order valence-corrected chi connectivity index (χ3v) is 8.46. The maximum Gasteiger partial charge on any atom is 0.249 e. The maximum absolute atomic E-state index is 14.1. The van der Waals surface area contributed by atoms with Gasteiger partial charge in [0, 0.05) is 30.7 Å². The molecule has 2 unspecified atom stereocenters. The second kappa shape index (κ2) is 14.4. The molecule has 240 valence electrons. The molecule has 4 amide bonds. The second-order valence-electron chi connectivity index (χ2n) is 15.1. The van der Waals surface area contributed by atoms with Crippen molar-refractivity contribution < 1.29 is 19.2 Å². The molecule has 2 fully saturated rings. The molecule has 42 heavy (non-hydrogen) atoms. The summed E-state index contributed by atoms with van der Waals surface area (Å²) >= 11 is 0. The van der Waals surface area contributed by atoms with Gasteiger partial charge in [-0.05, 0) is 85.1 Å². The summed E-state index contributed by atoms with van der Waals surface area (Å²) in [7, 11) is 1.75. The van der Waals surface area contributed by atoms with Crippen LogP contribution in [0.15, 0.2) is 11.6 Å². The van der Waals surface area contributed by atoms with E-state index >= 15 is 0 Å². The summed E-state index contributed by atoms with van der Waals surface area (Å²) in [5.74, 6) is -0.568. The monoisotopic (exact) mass is 589 g/mol. The normalized spacial score (nSPS) is 22.2. The molecule has 2 N–H and O–H groups in total. The fourth-order valence-electron chi connectivity index (χ4n) is 6.13. The van der Waals surface area contributed by atoms with Crippen molar-refractivity contribution >= 4 is 23.6 Å². The minimum atomic E-state index is -0.722. The zero-order valence-corrected chi connectivity index (χ0v) is 28.5. The largest absolute Gasteiger partial charge is 0.350 e. The number of likely N-dealkylation sites (N-methyl/N-ethyl adjacent to an activating group) is 1. The van der Waals surface area contributed by atoms with Crippen LogP contribution >= 0.6 is 0 Å². The molecule has 0 spiro atoms. The smallest absolute Gasteiger partial charge is 0.249 e. The topological polar surface area (TPSA) is 102 Å². The van der Waals surface area contributed by atoms with Gasteiger partial charge >= 0.3 is 0 Å². The van der Waals surface area contributed by atoms with Gasteiger partial charge in [0.1, 0.15) is 12.1 Å². The standard InChI is InChI=1S/C33H59N5O4/c1-21(2)26(20-23(5)30(41)38-19-15-17-25(38)29(40)35-33(9,10)11)36(12)31(42)27(32(6,7)8)34-28(39)24-16-13-14-18-37(24)22(3)4/h20-22,24-27H,13-19H2,1-12H3,(H,34,39)(H,35,40)/b23-20+/t24-,25?,26-,27?/m1/s1. The number of nitrogens with one attached hydrogen (secondary N) is 2. The summed E-state index contributed by atoms with van der Waals surface area (Å²) in [6, 6.07) is -1.58. The Bertz CT molecular complexity index is 1010. The molecular weight excluding hydrogens is 530 g/mol. The molecule has 0 aromatic heterocycles. The number of nitrogens with zero attached hydrogens (tertiary/aromatic N) is 3. The van der Waals surface area contributed by atoms with Crippen LogP contribution in [-0.2, 0) is 19.2 Å². The van der Waals surface area contributed by atoms with Crippen molar-refractivity contribution in [2.75, 3.05) is 20.1 Å². The van der Waals surface area contributed by atoms with E-state index < -0.39 is 17.5 Å². The summed E-state index contributed by atoms with van der Waals surface area (Å²) < 4.78 is 0. The molecule has 2 saturated heterocycles. The number of carbonyl (C=O) groups is 4. The summed E-state index contributed by atoms with van der Waals surface area (Å²) in [6.07, 6.45) is 6.12. The van der Waals surface area contributed by atoms with Crippen molar-refractivity contribution in [3.05, 3.63) is 11.6 Å². The molecule has 2 aliphatic rings. The first-order valence-corrected chi connectivity index (χ1v) is 15.9. The van der Waals surface area contributed by atoms with Crippen molar-refractivity contribution in [2.24, 2.45) is 11.3 Å². The highest BCUT2D eigenvalue weighted by atomic mass is 16.2. The molecule has 0 saturated carbocycles. The van der Waals surface area contributed by atoms with Crippen molar-refractivity contribution in [1.29, 1.82) is 0 Å². The van der Waals surface area contributed by atoms with Crippen LogP contribution in [0.3, 0.4) is 0 Å². The Morgan fingerprint density at radius 2 is 1.45 bits per heavy atom. The van der Waals surface area contributed by atoms with Crippen molar-refractivity contribution in [3.8, 4) is 0 Å². The van der Waals surface area contributed by atoms with Gasteiger partial charge in [-0.2, -0.15) is 0 Å². The molecule has 0 aromatic rings. The minimum absolute atomic E-state index is 0.0198. The summed E-state index contributed by atoms with van der Waals surface area (Å²) in [5, 5.41) is 6.14. The van der Waals surface area contributed by atoms with E-state index in [9.17, 15) is 19.2 Å². The molecule has 0 aromatic carbocycles. The van der Waals surface area contributed by atoms with Gasteiger partial charge in [-0.3, -0.25) is 24.1 Å². The Labute approximate surface area is 255 Å². The highest BCUT2D eigenvalue weighted by Gasteiger charge is 2.40. The fourth-order valence-corrected chi connectivity index (χ4v) is 6.13. The first-order valence-electron chi connectivity index (χ1n) is 15.9. The highest BCUT2D eigenvalue weighted by molar-refractivity contribution is 5.97. The van der Waals surface area contributed by atoms with Crippen LogP contribution in [0.4, 0.5) is 0 Å². The lowest BCUT2D eigenvalue weighted by atomic mass is 9.84. The van der Waals surface area contributed by atoms with Gasteiger partial charge in [-0.25, -0.2) is 0 Å². The predicted octanol–water partition coefficient (Wildman–Crippen LogP) is 4.12. The van der Waals surface area contributed by atoms with E-state index in [0.717, 1.165) is 32.2 Å². The predicted molar refractivity (Wildman–Crippen MR) is 169 cm³/mol. The number of piperidine rings is 1. The number of hydrogen-bond donors (Lipinski definition) is 2. The fraction of sp³-hybridized carbons (Fsp3) is 0.818. The molecule has 2 rings (SSSR count). The summed E-state index contributed by atoms with van der Waals surface area (Å²) in [6.45, 7) is 23.1. The van der Waals surface area contributed by atoms with E-state index in [1.807, 2.05) is 61.5 Å². The maximum atomic E-state index is 14.1. The highest BCUT2D eigenvalue weighted by Crippen LogP contribution is 2.27. The third-order valence-electron chi connectivity index (χ3n) is 8.46. The molecule has 0 aliphatic carbocycles. The Kier molecular flexibility index (Phi) is 12.2. The van der Waals surface area contributed by atoms with E-state index in [0.29, 0.717) is 18.5 Å². The Balaban J connectivity index is 2.27. The van der Waals surface area contributed by atoms with Crippen LogP contribution in [0.2, 0.25) is 0 Å². The van der Waals surface area contributed by atoms with Gasteiger partial charge < -0.3 is 20.4 Å². The third kappa shape index (κ3) is 9.29. The molecular formula is C33H59N5O4. The zero-order valence-electron chi connectivity index (χ0n) is 28.5. The van der Waals surface area contributed by atoms with E-state index in [4.69, 9.17) is 0 Å². The molecule has 0 bridgehead atoms. The molecule has 2 aliphatic heterocycles. The molecule has 9 nitrogen and oxygen atoms in total. The first-order chi connectivity index (χ1) is 19.3. The lowest BCUT2D eigenvalue weighted by Gasteiger charge is -2.41. The summed E-state index contributed by atoms with van der Waals surface area (Å²) in [5.41, 5.74) is -0.388. The van der Waals surface area contributed by atoms with Crippen molar-refractivity contribution in [1.82, 2.24) is 25.3 Å². The van der Waals surface area contributed by atoms with Gasteiger partial charge in [0.25, 0.3) is 0 Å². The molecule has 9 heteroatoms. The molecule has 0 radical (unpaired) electrons. The second-order valence-corrected chi connectivity index (χ2v) is 15.1. The van der Waals surface area contributed by atoms with Crippen LogP contribution in [0.25, 0.3) is 0 Å². The van der Waals surface area contributed by atoms with E-state index in [1.165, 1.54) is 0 Å². The SMILES string of the molecule is C/C(=C\[C@H](C(C)C)N(C)C(=O)C(NC(=O)[C@H]1CCCCN1C(C)C)C(C)(C)C)C(=O)N1CCCC1C(=O)NC(C)(C)C. The van der Waals surface area contributed by atoms with Gasteiger partial charge in [-0.15, -0.1) is 0 Å². The Morgan fingerprint density at radius 1 is 0.857 bits per heavy atom. The average molecular weight is 590 g/mol. The van der Waals surface area contributed by atoms with Crippen LogP contribution in [0.1, 0.15) is 108 Å². The number of carbonyl (C=O) groups excluding carboxylic acids is 4. The first kappa shape index (κ1) is 35.8. The quantitative estimate of drug-likeness (QED) is 0.394. The van der Waals surface area contributed by atoms with Gasteiger partial charge in [0.15, 0.2) is 0 Å². The number of rotatable bonds is 9. The Hall–Kier alpha value is -2.42. The zero-order chi connectivity index (χ0) is 32.2. The molecule has 4 atom stereocenters. The Morgan fingerprint density at radius 3 is 1.98 bits per heavy atom. The lowest BCUT2D eigenvalue weighted by molar-refractivity contribution is -0.142. The number of likely N-dealkylation sites (tertiary alicyclic amines) is 2. The number of amides is 4. The lowest BCUT2D eigenvalue weighted by Crippen LogP contribution is -2.60. The van der Waals surface area contributed by atoms with E-state index in [1.54, 1.807) is 23.8 Å².